The van der Waals surface area contributed by atoms with Gasteiger partial charge in [0.1, 0.15) is 0 Å². The van der Waals surface area contributed by atoms with Crippen molar-refractivity contribution in [2.75, 3.05) is 6.61 Å². The average Bonchev–Trinajstić information content (AvgIpc) is 2.17. The first kappa shape index (κ1) is 8.28. The maximum Gasteiger partial charge on any atom is 0.0716 e. The lowest BCUT2D eigenvalue weighted by Gasteiger charge is -2.63. The van der Waals surface area contributed by atoms with Crippen LogP contribution in [-0.4, -0.2) is 12.2 Å². The topological polar surface area (TPSA) is 9.23 Å². The van der Waals surface area contributed by atoms with Gasteiger partial charge in [0.05, 0.1) is 5.60 Å². The van der Waals surface area contributed by atoms with E-state index in [0.29, 0.717) is 5.60 Å². The van der Waals surface area contributed by atoms with Gasteiger partial charge < -0.3 is 4.74 Å². The normalized spacial score (nSPS) is 54.7. The van der Waals surface area contributed by atoms with Gasteiger partial charge in [-0.15, -0.1) is 0 Å². The van der Waals surface area contributed by atoms with Crippen molar-refractivity contribution in [2.45, 2.75) is 51.0 Å². The molecule has 0 spiro atoms. The summed E-state index contributed by atoms with van der Waals surface area (Å²) in [6.07, 6.45) is 8.62. The predicted octanol–water partition coefficient (Wildman–Crippen LogP) is 2.99. The molecular formula is C12H20O. The van der Waals surface area contributed by atoms with Crippen LogP contribution in [0.5, 0.6) is 0 Å². The Balaban J connectivity index is 1.82. The average molecular weight is 180 g/mol. The fraction of sp³-hybridized carbons (Fsp3) is 1.00. The molecule has 3 fully saturated rings. The number of hydrogen-bond acceptors (Lipinski definition) is 1. The second kappa shape index (κ2) is 2.73. The largest absolute Gasteiger partial charge is 0.375 e. The van der Waals surface area contributed by atoms with Crippen LogP contribution in [0.15, 0.2) is 0 Å². The first-order valence-corrected chi connectivity index (χ1v) is 5.96. The summed E-state index contributed by atoms with van der Waals surface area (Å²) in [6, 6.07) is 0. The third-order valence-corrected chi connectivity index (χ3v) is 4.88. The molecule has 0 aromatic carbocycles. The fourth-order valence-corrected chi connectivity index (χ4v) is 4.24. The molecule has 0 N–H and O–H groups in total. The lowest BCUT2D eigenvalue weighted by molar-refractivity contribution is -0.254. The van der Waals surface area contributed by atoms with Gasteiger partial charge in [0.15, 0.2) is 0 Å². The molecule has 0 aromatic heterocycles. The highest BCUT2D eigenvalue weighted by Gasteiger charge is 2.60. The molecule has 4 atom stereocenters. The molecule has 2 saturated carbocycles. The van der Waals surface area contributed by atoms with E-state index in [1.165, 1.54) is 38.5 Å². The fourth-order valence-electron chi connectivity index (χ4n) is 4.24. The van der Waals surface area contributed by atoms with Crippen molar-refractivity contribution in [3.63, 3.8) is 0 Å². The summed E-state index contributed by atoms with van der Waals surface area (Å²) in [5, 5.41) is 0. The van der Waals surface area contributed by atoms with Crippen LogP contribution in [0.2, 0.25) is 0 Å². The summed E-state index contributed by atoms with van der Waals surface area (Å²) < 4.78 is 6.03. The third kappa shape index (κ3) is 0.971. The Kier molecular flexibility index (Phi) is 1.74. The van der Waals surface area contributed by atoms with Gasteiger partial charge in [0, 0.05) is 6.61 Å². The van der Waals surface area contributed by atoms with Crippen LogP contribution in [-0.2, 0) is 4.74 Å². The lowest BCUT2D eigenvalue weighted by atomic mass is 9.48. The molecule has 3 rings (SSSR count). The van der Waals surface area contributed by atoms with E-state index in [-0.39, 0.29) is 0 Å². The molecule has 13 heavy (non-hydrogen) atoms. The molecule has 3 aliphatic rings. The summed E-state index contributed by atoms with van der Waals surface area (Å²) >= 11 is 0. The Hall–Kier alpha value is -0.0400. The molecular weight excluding hydrogens is 160 g/mol. The van der Waals surface area contributed by atoms with Crippen LogP contribution in [0.3, 0.4) is 0 Å². The Morgan fingerprint density at radius 1 is 1.00 bits per heavy atom. The van der Waals surface area contributed by atoms with Gasteiger partial charge >= 0.3 is 0 Å². The Labute approximate surface area is 80.8 Å². The smallest absolute Gasteiger partial charge is 0.0716 e. The quantitative estimate of drug-likeness (QED) is 0.557. The molecule has 2 aliphatic carbocycles. The molecule has 1 aliphatic heterocycles. The van der Waals surface area contributed by atoms with Crippen LogP contribution in [0.25, 0.3) is 0 Å². The maximum absolute atomic E-state index is 6.03. The number of fused-ring (bicyclic) bond motifs is 4. The first-order chi connectivity index (χ1) is 6.32. The minimum atomic E-state index is 0.309. The van der Waals surface area contributed by atoms with Crippen molar-refractivity contribution in [3.8, 4) is 0 Å². The molecule has 0 aromatic rings. The zero-order valence-electron chi connectivity index (χ0n) is 8.59. The van der Waals surface area contributed by atoms with Gasteiger partial charge in [-0.2, -0.15) is 0 Å². The van der Waals surface area contributed by atoms with Gasteiger partial charge in [0.25, 0.3) is 0 Å². The van der Waals surface area contributed by atoms with Crippen LogP contribution >= 0.6 is 0 Å². The van der Waals surface area contributed by atoms with Crippen molar-refractivity contribution in [1.29, 1.82) is 0 Å². The van der Waals surface area contributed by atoms with Crippen molar-refractivity contribution in [3.05, 3.63) is 0 Å². The van der Waals surface area contributed by atoms with Gasteiger partial charge in [-0.1, -0.05) is 12.8 Å². The molecule has 74 valence electrons. The van der Waals surface area contributed by atoms with E-state index in [1.807, 2.05) is 0 Å². The second-order valence-corrected chi connectivity index (χ2v) is 5.34. The van der Waals surface area contributed by atoms with Crippen molar-refractivity contribution in [1.82, 2.24) is 0 Å². The summed E-state index contributed by atoms with van der Waals surface area (Å²) in [5.41, 5.74) is 0.309. The molecule has 0 bridgehead atoms. The highest BCUT2D eigenvalue weighted by Crippen LogP contribution is 2.60. The van der Waals surface area contributed by atoms with Crippen LogP contribution in [0.4, 0.5) is 0 Å². The zero-order valence-corrected chi connectivity index (χ0v) is 8.59. The summed E-state index contributed by atoms with van der Waals surface area (Å²) in [5.74, 6) is 2.89. The van der Waals surface area contributed by atoms with E-state index in [1.54, 1.807) is 0 Å². The number of hydrogen-bond donors (Lipinski definition) is 0. The van der Waals surface area contributed by atoms with Crippen LogP contribution in [0, 0.1) is 17.8 Å². The molecule has 1 saturated heterocycles. The van der Waals surface area contributed by atoms with E-state index in [4.69, 9.17) is 4.74 Å². The van der Waals surface area contributed by atoms with Gasteiger partial charge in [-0.05, 0) is 50.4 Å². The SMILES string of the molecule is C[C@]12OCCC[C@H]1[C@H]1CCCC[C@@H]12. The van der Waals surface area contributed by atoms with E-state index in [2.05, 4.69) is 6.92 Å². The number of ether oxygens (including phenoxy) is 1. The van der Waals surface area contributed by atoms with Crippen LogP contribution in [0.1, 0.15) is 45.4 Å². The predicted molar refractivity (Wildman–Crippen MR) is 52.5 cm³/mol. The monoisotopic (exact) mass is 180 g/mol. The standard InChI is InChI=1S/C12H20O/c1-12-10-6-3-2-5-9(10)11(12)7-4-8-13-12/h9-11H,2-8H2,1H3/t9-,10-,11-,12+/m0/s1. The molecule has 1 heteroatoms. The van der Waals surface area contributed by atoms with E-state index in [9.17, 15) is 0 Å². The molecule has 1 heterocycles. The minimum Gasteiger partial charge on any atom is -0.375 e. The molecule has 0 unspecified atom stereocenters. The molecule has 0 amide bonds. The Morgan fingerprint density at radius 2 is 1.69 bits per heavy atom. The van der Waals surface area contributed by atoms with E-state index >= 15 is 0 Å². The zero-order chi connectivity index (χ0) is 8.89. The maximum atomic E-state index is 6.03. The lowest BCUT2D eigenvalue weighted by Crippen LogP contribution is -2.64. The summed E-state index contributed by atoms with van der Waals surface area (Å²) in [4.78, 5) is 0. The summed E-state index contributed by atoms with van der Waals surface area (Å²) in [6.45, 7) is 3.40. The minimum absolute atomic E-state index is 0.309. The van der Waals surface area contributed by atoms with E-state index in [0.717, 1.165) is 24.4 Å². The number of rotatable bonds is 0. The van der Waals surface area contributed by atoms with Crippen molar-refractivity contribution >= 4 is 0 Å². The van der Waals surface area contributed by atoms with Crippen molar-refractivity contribution < 1.29 is 4.74 Å². The Bertz CT molecular complexity index is 199. The van der Waals surface area contributed by atoms with Gasteiger partial charge in [0.2, 0.25) is 0 Å². The molecule has 1 nitrogen and oxygen atoms in total. The third-order valence-electron chi connectivity index (χ3n) is 4.88. The highest BCUT2D eigenvalue weighted by molar-refractivity contribution is 5.09. The van der Waals surface area contributed by atoms with Gasteiger partial charge in [-0.25, -0.2) is 0 Å². The van der Waals surface area contributed by atoms with Crippen LogP contribution < -0.4 is 0 Å². The second-order valence-electron chi connectivity index (χ2n) is 5.34. The highest BCUT2D eigenvalue weighted by atomic mass is 16.5. The van der Waals surface area contributed by atoms with Gasteiger partial charge in [-0.3, -0.25) is 0 Å². The van der Waals surface area contributed by atoms with Crippen molar-refractivity contribution in [2.24, 2.45) is 17.8 Å². The Morgan fingerprint density at radius 3 is 2.54 bits per heavy atom. The summed E-state index contributed by atoms with van der Waals surface area (Å²) in [7, 11) is 0. The first-order valence-electron chi connectivity index (χ1n) is 5.96. The molecule has 0 radical (unpaired) electrons. The van der Waals surface area contributed by atoms with E-state index < -0.39 is 0 Å².